The van der Waals surface area contributed by atoms with E-state index in [2.05, 4.69) is 33.0 Å². The Morgan fingerprint density at radius 1 is 1.05 bits per heavy atom. The van der Waals surface area contributed by atoms with Crippen molar-refractivity contribution in [2.24, 2.45) is 0 Å². The number of likely N-dealkylation sites (N-methyl/N-ethyl adjacent to an activating group) is 1. The van der Waals surface area contributed by atoms with Crippen LogP contribution >= 0.6 is 0 Å². The molecule has 0 fully saturated rings. The quantitative estimate of drug-likeness (QED) is 0.348. The van der Waals surface area contributed by atoms with Gasteiger partial charge in [0.2, 0.25) is 5.91 Å². The van der Waals surface area contributed by atoms with Gasteiger partial charge in [0.05, 0.1) is 32.7 Å². The molecule has 0 heterocycles. The molecule has 0 aromatic heterocycles. The molecule has 19 heavy (non-hydrogen) atoms. The van der Waals surface area contributed by atoms with E-state index in [4.69, 9.17) is 0 Å². The lowest BCUT2D eigenvalue weighted by Gasteiger charge is -2.35. The van der Waals surface area contributed by atoms with E-state index in [0.29, 0.717) is 0 Å². The summed E-state index contributed by atoms with van der Waals surface area (Å²) in [6, 6.07) is 0. The van der Waals surface area contributed by atoms with Crippen molar-refractivity contribution in [2.75, 3.05) is 32.7 Å². The Kier molecular flexibility index (Phi) is 10.6. The van der Waals surface area contributed by atoms with E-state index in [1.165, 1.54) is 19.3 Å². The van der Waals surface area contributed by atoms with Crippen LogP contribution in [-0.4, -0.2) is 43.1 Å². The first-order valence-electron chi connectivity index (χ1n) is 7.93. The molecule has 112 valence electrons. The number of allylic oxidation sites excluding steroid dienone is 1. The molecule has 0 atom stereocenters. The third kappa shape index (κ3) is 8.04. The number of hydrogen-bond acceptors (Lipinski definition) is 1. The normalized spacial score (nSPS) is 12.0. The Balaban J connectivity index is 3.84. The van der Waals surface area contributed by atoms with Crippen LogP contribution in [0.1, 0.15) is 53.4 Å². The highest BCUT2D eigenvalue weighted by atomic mass is 16.1. The van der Waals surface area contributed by atoms with Crippen LogP contribution in [-0.2, 0) is 4.79 Å². The van der Waals surface area contributed by atoms with E-state index in [0.717, 1.165) is 43.6 Å². The van der Waals surface area contributed by atoms with Crippen LogP contribution < -0.4 is 5.32 Å². The molecule has 0 aromatic carbocycles. The summed E-state index contributed by atoms with van der Waals surface area (Å²) in [5.41, 5.74) is 0. The van der Waals surface area contributed by atoms with Crippen molar-refractivity contribution < 1.29 is 9.28 Å². The predicted molar refractivity (Wildman–Crippen MR) is 83.0 cm³/mol. The van der Waals surface area contributed by atoms with Gasteiger partial charge in [-0.05, 0) is 39.7 Å². The minimum Gasteiger partial charge on any atom is -0.347 e. The number of carbonyl (C=O) groups excluding carboxylic acids is 1. The maximum atomic E-state index is 11.6. The van der Waals surface area contributed by atoms with Gasteiger partial charge in [0.1, 0.15) is 0 Å². The third-order valence-electron chi connectivity index (χ3n) is 4.14. The molecule has 0 saturated carbocycles. The molecule has 0 rings (SSSR count). The molecular weight excluding hydrogens is 236 g/mol. The number of amides is 1. The number of hydrogen-bond donors (Lipinski definition) is 1. The maximum Gasteiger partial charge on any atom is 0.243 e. The molecule has 1 N–H and O–H groups in total. The van der Waals surface area contributed by atoms with Crippen molar-refractivity contribution in [2.45, 2.75) is 53.4 Å². The highest BCUT2D eigenvalue weighted by molar-refractivity contribution is 5.87. The second-order valence-corrected chi connectivity index (χ2v) is 5.20. The summed E-state index contributed by atoms with van der Waals surface area (Å²) < 4.78 is 1.08. The van der Waals surface area contributed by atoms with E-state index in [1.54, 1.807) is 6.08 Å². The van der Waals surface area contributed by atoms with Crippen molar-refractivity contribution in [1.29, 1.82) is 0 Å². The van der Waals surface area contributed by atoms with Crippen molar-refractivity contribution in [1.82, 2.24) is 5.32 Å². The van der Waals surface area contributed by atoms with Gasteiger partial charge in [0.25, 0.3) is 0 Å². The minimum absolute atomic E-state index is 0.0536. The molecule has 0 spiro atoms. The van der Waals surface area contributed by atoms with Crippen molar-refractivity contribution in [3.63, 3.8) is 0 Å². The fraction of sp³-hybridized carbons (Fsp3) is 0.812. The molecule has 1 amide bonds. The van der Waals surface area contributed by atoms with Crippen LogP contribution in [0.4, 0.5) is 0 Å². The standard InChI is InChI=1S/C16H32N2O/c1-5-9-10-11-12-13-16(19)17-14-15-18(6-2,7-3)8-4/h12-13H,5-11,14-15H2,1-4H3/p+1/b13-12+. The summed E-state index contributed by atoms with van der Waals surface area (Å²) in [5, 5.41) is 2.99. The summed E-state index contributed by atoms with van der Waals surface area (Å²) in [7, 11) is 0. The number of nitrogens with one attached hydrogen (secondary N) is 1. The van der Waals surface area contributed by atoms with Gasteiger partial charge < -0.3 is 9.80 Å². The molecule has 3 heteroatoms. The molecule has 0 unspecified atom stereocenters. The molecule has 0 aliphatic heterocycles. The Bertz CT molecular complexity index is 249. The summed E-state index contributed by atoms with van der Waals surface area (Å²) in [5.74, 6) is 0.0536. The second-order valence-electron chi connectivity index (χ2n) is 5.20. The number of nitrogens with zero attached hydrogens (tertiary/aromatic N) is 1. The van der Waals surface area contributed by atoms with Crippen LogP contribution in [0.15, 0.2) is 12.2 Å². The van der Waals surface area contributed by atoms with Gasteiger partial charge in [0, 0.05) is 0 Å². The maximum absolute atomic E-state index is 11.6. The van der Waals surface area contributed by atoms with Gasteiger partial charge in [0.15, 0.2) is 0 Å². The summed E-state index contributed by atoms with van der Waals surface area (Å²) in [4.78, 5) is 11.6. The van der Waals surface area contributed by atoms with Crippen LogP contribution in [0, 0.1) is 0 Å². The number of unbranched alkanes of at least 4 members (excludes halogenated alkanes) is 3. The molecule has 0 aromatic rings. The van der Waals surface area contributed by atoms with E-state index in [-0.39, 0.29) is 5.91 Å². The summed E-state index contributed by atoms with van der Waals surface area (Å²) >= 11 is 0. The van der Waals surface area contributed by atoms with Crippen LogP contribution in [0.5, 0.6) is 0 Å². The van der Waals surface area contributed by atoms with Gasteiger partial charge in [-0.1, -0.05) is 25.8 Å². The van der Waals surface area contributed by atoms with Gasteiger partial charge in [-0.2, -0.15) is 0 Å². The zero-order valence-electron chi connectivity index (χ0n) is 13.4. The van der Waals surface area contributed by atoms with Gasteiger partial charge in [-0.15, -0.1) is 0 Å². The largest absolute Gasteiger partial charge is 0.347 e. The van der Waals surface area contributed by atoms with Gasteiger partial charge in [-0.3, -0.25) is 4.79 Å². The smallest absolute Gasteiger partial charge is 0.243 e. The van der Waals surface area contributed by atoms with Crippen molar-refractivity contribution in [3.8, 4) is 0 Å². The summed E-state index contributed by atoms with van der Waals surface area (Å²) in [6.45, 7) is 14.1. The lowest BCUT2D eigenvalue weighted by molar-refractivity contribution is -0.922. The first-order valence-corrected chi connectivity index (χ1v) is 7.93. The predicted octanol–water partition coefficient (Wildman–Crippen LogP) is 3.12. The third-order valence-corrected chi connectivity index (χ3v) is 4.14. The molecule has 3 nitrogen and oxygen atoms in total. The van der Waals surface area contributed by atoms with Crippen LogP contribution in [0.2, 0.25) is 0 Å². The topological polar surface area (TPSA) is 29.1 Å². The van der Waals surface area contributed by atoms with E-state index >= 15 is 0 Å². The average molecular weight is 269 g/mol. The zero-order valence-corrected chi connectivity index (χ0v) is 13.4. The highest BCUT2D eigenvalue weighted by Gasteiger charge is 2.19. The summed E-state index contributed by atoms with van der Waals surface area (Å²) in [6.07, 6.45) is 8.35. The Hall–Kier alpha value is -0.830. The first-order chi connectivity index (χ1) is 9.14. The molecule has 0 aliphatic carbocycles. The van der Waals surface area contributed by atoms with Crippen molar-refractivity contribution in [3.05, 3.63) is 12.2 Å². The minimum atomic E-state index is 0.0536. The Morgan fingerprint density at radius 3 is 2.21 bits per heavy atom. The molecular formula is C16H33N2O+. The van der Waals surface area contributed by atoms with E-state index in [9.17, 15) is 4.79 Å². The number of carbonyl (C=O) groups is 1. The fourth-order valence-electron chi connectivity index (χ4n) is 2.32. The van der Waals surface area contributed by atoms with Gasteiger partial charge in [-0.25, -0.2) is 0 Å². The van der Waals surface area contributed by atoms with E-state index < -0.39 is 0 Å². The number of rotatable bonds is 11. The molecule has 0 aliphatic rings. The molecule has 0 radical (unpaired) electrons. The second kappa shape index (κ2) is 11.0. The Labute approximate surface area is 119 Å². The van der Waals surface area contributed by atoms with Crippen LogP contribution in [0.25, 0.3) is 0 Å². The van der Waals surface area contributed by atoms with Crippen LogP contribution in [0.3, 0.4) is 0 Å². The highest BCUT2D eigenvalue weighted by Crippen LogP contribution is 2.04. The molecule has 0 saturated heterocycles. The van der Waals surface area contributed by atoms with E-state index in [1.807, 2.05) is 6.08 Å². The first kappa shape index (κ1) is 18.2. The lowest BCUT2D eigenvalue weighted by Crippen LogP contribution is -2.51. The zero-order chi connectivity index (χ0) is 14.6. The average Bonchev–Trinajstić information content (AvgIpc) is 2.44. The molecule has 0 bridgehead atoms. The fourth-order valence-corrected chi connectivity index (χ4v) is 2.32. The Morgan fingerprint density at radius 2 is 1.68 bits per heavy atom. The lowest BCUT2D eigenvalue weighted by atomic mass is 10.2. The van der Waals surface area contributed by atoms with Gasteiger partial charge >= 0.3 is 0 Å². The van der Waals surface area contributed by atoms with Crippen molar-refractivity contribution >= 4 is 5.91 Å². The number of quaternary nitrogens is 1. The SMILES string of the molecule is CCCCC/C=C/C(=O)NCC[N+](CC)(CC)CC. The monoisotopic (exact) mass is 269 g/mol.